The second kappa shape index (κ2) is 6.03. The minimum atomic E-state index is -0.0421. The highest BCUT2D eigenvalue weighted by Crippen LogP contribution is 2.48. The van der Waals surface area contributed by atoms with Crippen LogP contribution in [-0.4, -0.2) is 18.4 Å². The molecule has 4 nitrogen and oxygen atoms in total. The Hall–Kier alpha value is -2.62. The molecule has 0 saturated heterocycles. The van der Waals surface area contributed by atoms with Crippen molar-refractivity contribution < 1.29 is 9.59 Å². The minimum Gasteiger partial charge on any atom is -0.351 e. The van der Waals surface area contributed by atoms with Crippen LogP contribution in [0.5, 0.6) is 0 Å². The molecule has 0 unspecified atom stereocenters. The SMILES string of the molecule is Cc1ccccc1C1(CNC(=O)c2ccc3c(c2)CCC(=O)N3)CC1. The van der Waals surface area contributed by atoms with E-state index in [1.165, 1.54) is 11.1 Å². The summed E-state index contributed by atoms with van der Waals surface area (Å²) >= 11 is 0. The highest BCUT2D eigenvalue weighted by Gasteiger charge is 2.45. The van der Waals surface area contributed by atoms with E-state index in [1.54, 1.807) is 6.07 Å². The fourth-order valence-corrected chi connectivity index (χ4v) is 3.74. The van der Waals surface area contributed by atoms with Crippen molar-refractivity contribution in [2.75, 3.05) is 11.9 Å². The summed E-state index contributed by atoms with van der Waals surface area (Å²) in [6.07, 6.45) is 3.41. The Morgan fingerprint density at radius 1 is 1.16 bits per heavy atom. The number of benzene rings is 2. The van der Waals surface area contributed by atoms with Gasteiger partial charge in [0.05, 0.1) is 0 Å². The second-order valence-electron chi connectivity index (χ2n) is 7.20. The van der Waals surface area contributed by atoms with Crippen LogP contribution in [0.4, 0.5) is 5.69 Å². The first-order chi connectivity index (χ1) is 12.1. The molecule has 2 N–H and O–H groups in total. The first kappa shape index (κ1) is 15.9. The van der Waals surface area contributed by atoms with Crippen molar-refractivity contribution in [2.24, 2.45) is 0 Å². The maximum Gasteiger partial charge on any atom is 0.251 e. The summed E-state index contributed by atoms with van der Waals surface area (Å²) in [5.41, 5.74) is 5.26. The molecule has 1 saturated carbocycles. The van der Waals surface area contributed by atoms with E-state index in [0.717, 1.165) is 24.1 Å². The van der Waals surface area contributed by atoms with E-state index in [1.807, 2.05) is 12.1 Å². The topological polar surface area (TPSA) is 58.2 Å². The average Bonchev–Trinajstić information content (AvgIpc) is 3.40. The van der Waals surface area contributed by atoms with Gasteiger partial charge in [0.25, 0.3) is 5.91 Å². The maximum absolute atomic E-state index is 12.6. The van der Waals surface area contributed by atoms with E-state index in [2.05, 4.69) is 41.8 Å². The maximum atomic E-state index is 12.6. The second-order valence-corrected chi connectivity index (χ2v) is 7.20. The van der Waals surface area contributed by atoms with Crippen molar-refractivity contribution in [3.05, 3.63) is 64.7 Å². The quantitative estimate of drug-likeness (QED) is 0.901. The third-order valence-electron chi connectivity index (χ3n) is 5.42. The van der Waals surface area contributed by atoms with Crippen LogP contribution in [0, 0.1) is 6.92 Å². The fourth-order valence-electron chi connectivity index (χ4n) is 3.74. The van der Waals surface area contributed by atoms with Gasteiger partial charge in [-0.05, 0) is 61.1 Å². The van der Waals surface area contributed by atoms with Gasteiger partial charge in [-0.1, -0.05) is 24.3 Å². The summed E-state index contributed by atoms with van der Waals surface area (Å²) in [6, 6.07) is 14.0. The molecular weight excluding hydrogens is 312 g/mol. The van der Waals surface area contributed by atoms with Crippen molar-refractivity contribution in [3.8, 4) is 0 Å². The number of hydrogen-bond acceptors (Lipinski definition) is 2. The van der Waals surface area contributed by atoms with Gasteiger partial charge in [-0.3, -0.25) is 9.59 Å². The van der Waals surface area contributed by atoms with Crippen LogP contribution < -0.4 is 10.6 Å². The van der Waals surface area contributed by atoms with E-state index in [9.17, 15) is 9.59 Å². The molecule has 0 atom stereocenters. The van der Waals surface area contributed by atoms with Gasteiger partial charge in [-0.2, -0.15) is 0 Å². The van der Waals surface area contributed by atoms with Crippen LogP contribution in [-0.2, 0) is 16.6 Å². The van der Waals surface area contributed by atoms with Crippen molar-refractivity contribution in [1.82, 2.24) is 5.32 Å². The largest absolute Gasteiger partial charge is 0.351 e. The molecule has 1 aliphatic heterocycles. The molecule has 1 aliphatic carbocycles. The molecule has 25 heavy (non-hydrogen) atoms. The summed E-state index contributed by atoms with van der Waals surface area (Å²) in [4.78, 5) is 24.0. The Kier molecular flexibility index (Phi) is 3.83. The van der Waals surface area contributed by atoms with Crippen LogP contribution in [0.25, 0.3) is 0 Å². The van der Waals surface area contributed by atoms with E-state index >= 15 is 0 Å². The summed E-state index contributed by atoms with van der Waals surface area (Å²) < 4.78 is 0. The molecule has 0 bridgehead atoms. The molecule has 4 rings (SSSR count). The zero-order chi connectivity index (χ0) is 17.4. The van der Waals surface area contributed by atoms with Crippen molar-refractivity contribution in [2.45, 2.75) is 38.0 Å². The monoisotopic (exact) mass is 334 g/mol. The Balaban J connectivity index is 1.46. The molecular formula is C21H22N2O2. The number of amides is 2. The summed E-state index contributed by atoms with van der Waals surface area (Å²) in [5.74, 6) is -0.00170. The van der Waals surface area contributed by atoms with E-state index in [4.69, 9.17) is 0 Å². The van der Waals surface area contributed by atoms with Gasteiger partial charge in [-0.25, -0.2) is 0 Å². The van der Waals surface area contributed by atoms with Crippen molar-refractivity contribution >= 4 is 17.5 Å². The zero-order valence-electron chi connectivity index (χ0n) is 14.4. The highest BCUT2D eigenvalue weighted by molar-refractivity contribution is 5.98. The molecule has 0 radical (unpaired) electrons. The molecule has 0 spiro atoms. The molecule has 0 aromatic heterocycles. The first-order valence-corrected chi connectivity index (χ1v) is 8.84. The lowest BCUT2D eigenvalue weighted by atomic mass is 9.91. The van der Waals surface area contributed by atoms with Crippen LogP contribution in [0.2, 0.25) is 0 Å². The van der Waals surface area contributed by atoms with E-state index in [-0.39, 0.29) is 17.2 Å². The van der Waals surface area contributed by atoms with E-state index < -0.39 is 0 Å². The Morgan fingerprint density at radius 3 is 2.72 bits per heavy atom. The third kappa shape index (κ3) is 3.04. The number of nitrogens with one attached hydrogen (secondary N) is 2. The smallest absolute Gasteiger partial charge is 0.251 e. The average molecular weight is 334 g/mol. The molecule has 4 heteroatoms. The number of carbonyl (C=O) groups excluding carboxylic acids is 2. The number of fused-ring (bicyclic) bond motifs is 1. The van der Waals surface area contributed by atoms with Crippen molar-refractivity contribution in [3.63, 3.8) is 0 Å². The number of rotatable bonds is 4. The molecule has 2 aromatic rings. The van der Waals surface area contributed by atoms with Gasteiger partial charge in [0.2, 0.25) is 5.91 Å². The summed E-state index contributed by atoms with van der Waals surface area (Å²) in [5, 5.41) is 5.97. The summed E-state index contributed by atoms with van der Waals surface area (Å²) in [7, 11) is 0. The van der Waals surface area contributed by atoms with Gasteiger partial charge in [0.15, 0.2) is 0 Å². The van der Waals surface area contributed by atoms with E-state index in [0.29, 0.717) is 24.9 Å². The number of hydrogen-bond donors (Lipinski definition) is 2. The predicted octanol–water partition coefficient (Wildman–Crippen LogP) is 3.34. The van der Waals surface area contributed by atoms with Gasteiger partial charge in [0, 0.05) is 29.6 Å². The molecule has 128 valence electrons. The van der Waals surface area contributed by atoms with Crippen LogP contribution >= 0.6 is 0 Å². The molecule has 2 aliphatic rings. The Bertz CT molecular complexity index is 853. The molecule has 1 heterocycles. The van der Waals surface area contributed by atoms with Crippen LogP contribution in [0.15, 0.2) is 42.5 Å². The normalized spacial score (nSPS) is 17.4. The lowest BCUT2D eigenvalue weighted by molar-refractivity contribution is -0.116. The van der Waals surface area contributed by atoms with Gasteiger partial charge in [-0.15, -0.1) is 0 Å². The van der Waals surface area contributed by atoms with Gasteiger partial charge < -0.3 is 10.6 Å². The molecule has 2 amide bonds. The van der Waals surface area contributed by atoms with Gasteiger partial charge in [0.1, 0.15) is 0 Å². The standard InChI is InChI=1S/C21H22N2O2/c1-14-4-2-3-5-17(14)21(10-11-21)13-22-20(25)16-6-8-18-15(12-16)7-9-19(24)23-18/h2-6,8,12H,7,9-11,13H2,1H3,(H,22,25)(H,23,24). The highest BCUT2D eigenvalue weighted by atomic mass is 16.2. The van der Waals surface area contributed by atoms with Crippen LogP contribution in [0.3, 0.4) is 0 Å². The lowest BCUT2D eigenvalue weighted by Crippen LogP contribution is -2.32. The number of aryl methyl sites for hydroxylation is 2. The van der Waals surface area contributed by atoms with Crippen molar-refractivity contribution in [1.29, 1.82) is 0 Å². The lowest BCUT2D eigenvalue weighted by Gasteiger charge is -2.20. The van der Waals surface area contributed by atoms with Crippen LogP contribution in [0.1, 0.15) is 46.3 Å². The zero-order valence-corrected chi connectivity index (χ0v) is 14.4. The predicted molar refractivity (Wildman–Crippen MR) is 97.8 cm³/mol. The Morgan fingerprint density at radius 2 is 1.96 bits per heavy atom. The van der Waals surface area contributed by atoms with Gasteiger partial charge >= 0.3 is 0 Å². The molecule has 1 fully saturated rings. The molecule has 2 aromatic carbocycles. The summed E-state index contributed by atoms with van der Waals surface area (Å²) in [6.45, 7) is 2.81. The number of carbonyl (C=O) groups is 2. The Labute approximate surface area is 147 Å². The third-order valence-corrected chi connectivity index (χ3v) is 5.42. The fraction of sp³-hybridized carbons (Fsp3) is 0.333. The minimum absolute atomic E-state index is 0.0404. The number of anilines is 1. The first-order valence-electron chi connectivity index (χ1n) is 8.84.